The van der Waals surface area contributed by atoms with E-state index in [2.05, 4.69) is 5.32 Å². The summed E-state index contributed by atoms with van der Waals surface area (Å²) in [5.41, 5.74) is -0.709. The van der Waals surface area contributed by atoms with Gasteiger partial charge in [-0.15, -0.1) is 0 Å². The van der Waals surface area contributed by atoms with Gasteiger partial charge in [-0.2, -0.15) is 0 Å². The molecule has 1 fully saturated rings. The summed E-state index contributed by atoms with van der Waals surface area (Å²) < 4.78 is 28.2. The van der Waals surface area contributed by atoms with Crippen LogP contribution in [0.1, 0.15) is 13.3 Å². The minimum atomic E-state index is -3.05. The second kappa shape index (κ2) is 5.61. The van der Waals surface area contributed by atoms with E-state index < -0.39 is 15.4 Å². The molecule has 0 aromatic heterocycles. The van der Waals surface area contributed by atoms with Gasteiger partial charge in [-0.3, -0.25) is 4.79 Å². The van der Waals surface area contributed by atoms with Gasteiger partial charge in [-0.05, 0) is 25.5 Å². The van der Waals surface area contributed by atoms with E-state index in [1.807, 2.05) is 0 Å². The van der Waals surface area contributed by atoms with E-state index in [1.165, 1.54) is 0 Å². The SMILES string of the molecule is CC1(NC(=O)COc2ccccc2Cl)CCS(=O)(=O)C1. The first kappa shape index (κ1) is 15.1. The largest absolute Gasteiger partial charge is 0.482 e. The minimum Gasteiger partial charge on any atom is -0.482 e. The predicted molar refractivity (Wildman–Crippen MR) is 76.8 cm³/mol. The number of para-hydroxylation sites is 1. The molecule has 1 amide bonds. The molecule has 7 heteroatoms. The Labute approximate surface area is 123 Å². The highest BCUT2D eigenvalue weighted by Crippen LogP contribution is 2.24. The van der Waals surface area contributed by atoms with Crippen LogP contribution >= 0.6 is 11.6 Å². The van der Waals surface area contributed by atoms with Gasteiger partial charge in [0.15, 0.2) is 16.4 Å². The van der Waals surface area contributed by atoms with Crippen LogP contribution in [0.5, 0.6) is 5.75 Å². The molecule has 1 heterocycles. The van der Waals surface area contributed by atoms with Gasteiger partial charge in [-0.25, -0.2) is 8.42 Å². The highest BCUT2D eigenvalue weighted by molar-refractivity contribution is 7.91. The second-order valence-corrected chi connectivity index (χ2v) is 7.76. The molecule has 1 aromatic carbocycles. The maximum Gasteiger partial charge on any atom is 0.258 e. The van der Waals surface area contributed by atoms with Gasteiger partial charge in [0.2, 0.25) is 0 Å². The Hall–Kier alpha value is -1.27. The van der Waals surface area contributed by atoms with Gasteiger partial charge in [0.25, 0.3) is 5.91 Å². The van der Waals surface area contributed by atoms with Crippen molar-refractivity contribution in [2.24, 2.45) is 0 Å². The number of amides is 1. The summed E-state index contributed by atoms with van der Waals surface area (Å²) >= 11 is 5.91. The molecule has 0 saturated carbocycles. The molecule has 1 saturated heterocycles. The third-order valence-corrected chi connectivity index (χ3v) is 5.36. The lowest BCUT2D eigenvalue weighted by Crippen LogP contribution is -2.48. The zero-order valence-electron chi connectivity index (χ0n) is 11.1. The molecule has 0 spiro atoms. The van der Waals surface area contributed by atoms with E-state index in [4.69, 9.17) is 16.3 Å². The van der Waals surface area contributed by atoms with Gasteiger partial charge in [0, 0.05) is 0 Å². The molecular weight excluding hydrogens is 302 g/mol. The first-order valence-electron chi connectivity index (χ1n) is 6.18. The number of hydrogen-bond acceptors (Lipinski definition) is 4. The Balaban J connectivity index is 1.89. The fraction of sp³-hybridized carbons (Fsp3) is 0.462. The predicted octanol–water partition coefficient (Wildman–Crippen LogP) is 1.41. The topological polar surface area (TPSA) is 72.5 Å². The van der Waals surface area contributed by atoms with Gasteiger partial charge < -0.3 is 10.1 Å². The summed E-state index contributed by atoms with van der Waals surface area (Å²) in [4.78, 5) is 11.8. The Bertz CT molecular complexity index is 617. The van der Waals surface area contributed by atoms with Crippen molar-refractivity contribution in [2.45, 2.75) is 18.9 Å². The Morgan fingerprint density at radius 2 is 2.15 bits per heavy atom. The maximum atomic E-state index is 11.8. The summed E-state index contributed by atoms with van der Waals surface area (Å²) in [5, 5.41) is 3.14. The van der Waals surface area contributed by atoms with Gasteiger partial charge >= 0.3 is 0 Å². The molecule has 20 heavy (non-hydrogen) atoms. The van der Waals surface area contributed by atoms with Crippen molar-refractivity contribution in [3.05, 3.63) is 29.3 Å². The summed E-state index contributed by atoms with van der Waals surface area (Å²) in [5.74, 6) is 0.144. The van der Waals surface area contributed by atoms with Crippen molar-refractivity contribution in [1.82, 2.24) is 5.32 Å². The number of rotatable bonds is 4. The number of halogens is 1. The lowest BCUT2D eigenvalue weighted by Gasteiger charge is -2.23. The number of carbonyl (C=O) groups excluding carboxylic acids is 1. The zero-order chi connectivity index (χ0) is 14.8. The average Bonchev–Trinajstić information content (AvgIpc) is 2.62. The molecule has 1 N–H and O–H groups in total. The van der Waals surface area contributed by atoms with Gasteiger partial charge in [0.1, 0.15) is 5.75 Å². The fourth-order valence-electron chi connectivity index (χ4n) is 2.19. The molecule has 110 valence electrons. The quantitative estimate of drug-likeness (QED) is 0.911. The van der Waals surface area contributed by atoms with Crippen molar-refractivity contribution in [3.8, 4) is 5.75 Å². The third kappa shape index (κ3) is 3.86. The highest BCUT2D eigenvalue weighted by Gasteiger charge is 2.39. The normalized spacial score (nSPS) is 24.3. The van der Waals surface area contributed by atoms with Gasteiger partial charge in [-0.1, -0.05) is 23.7 Å². The molecule has 1 unspecified atom stereocenters. The van der Waals surface area contributed by atoms with Crippen LogP contribution in [0.2, 0.25) is 5.02 Å². The second-order valence-electron chi connectivity index (χ2n) is 5.17. The van der Waals surface area contributed by atoms with Crippen LogP contribution in [0.3, 0.4) is 0 Å². The highest BCUT2D eigenvalue weighted by atomic mass is 35.5. The number of nitrogens with one attached hydrogen (secondary N) is 1. The number of hydrogen-bond donors (Lipinski definition) is 1. The van der Waals surface area contributed by atoms with E-state index in [1.54, 1.807) is 31.2 Å². The Kier molecular flexibility index (Phi) is 4.25. The third-order valence-electron chi connectivity index (χ3n) is 3.14. The monoisotopic (exact) mass is 317 g/mol. The van der Waals surface area contributed by atoms with Crippen LogP contribution in [0, 0.1) is 0 Å². The van der Waals surface area contributed by atoms with Crippen molar-refractivity contribution < 1.29 is 17.9 Å². The van der Waals surface area contributed by atoms with Gasteiger partial charge in [0.05, 0.1) is 22.1 Å². The van der Waals surface area contributed by atoms with E-state index in [-0.39, 0.29) is 24.0 Å². The maximum absolute atomic E-state index is 11.8. The van der Waals surface area contributed by atoms with Crippen LogP contribution in [-0.4, -0.2) is 38.0 Å². The summed E-state index contributed by atoms with van der Waals surface area (Å²) in [7, 11) is -3.05. The molecule has 1 aliphatic heterocycles. The van der Waals surface area contributed by atoms with Crippen molar-refractivity contribution in [3.63, 3.8) is 0 Å². The molecule has 2 rings (SSSR count). The summed E-state index contributed by atoms with van der Waals surface area (Å²) in [6.07, 6.45) is 0.424. The molecular formula is C13H16ClNO4S. The van der Waals surface area contributed by atoms with Crippen LogP contribution < -0.4 is 10.1 Å². The molecule has 0 radical (unpaired) electrons. The molecule has 5 nitrogen and oxygen atoms in total. The fourth-order valence-corrected chi connectivity index (χ4v) is 4.47. The zero-order valence-corrected chi connectivity index (χ0v) is 12.6. The van der Waals surface area contributed by atoms with Crippen molar-refractivity contribution in [2.75, 3.05) is 18.1 Å². The molecule has 1 aliphatic rings. The number of benzene rings is 1. The van der Waals surface area contributed by atoms with Crippen LogP contribution in [0.15, 0.2) is 24.3 Å². The lowest BCUT2D eigenvalue weighted by atomic mass is 10.0. The van der Waals surface area contributed by atoms with E-state index in [9.17, 15) is 13.2 Å². The molecule has 1 atom stereocenters. The molecule has 1 aromatic rings. The standard InChI is InChI=1S/C13H16ClNO4S/c1-13(6-7-20(17,18)9-13)15-12(16)8-19-11-5-3-2-4-10(11)14/h2-5H,6-9H2,1H3,(H,15,16). The van der Waals surface area contributed by atoms with Crippen molar-refractivity contribution in [1.29, 1.82) is 0 Å². The van der Waals surface area contributed by atoms with Crippen LogP contribution in [0.25, 0.3) is 0 Å². The first-order valence-corrected chi connectivity index (χ1v) is 8.38. The average molecular weight is 318 g/mol. The van der Waals surface area contributed by atoms with E-state index >= 15 is 0 Å². The molecule has 0 bridgehead atoms. The lowest BCUT2D eigenvalue weighted by molar-refractivity contribution is -0.124. The first-order chi connectivity index (χ1) is 9.30. The minimum absolute atomic E-state index is 0.0299. The van der Waals surface area contributed by atoms with Crippen LogP contribution in [-0.2, 0) is 14.6 Å². The Morgan fingerprint density at radius 3 is 2.75 bits per heavy atom. The summed E-state index contributed by atoms with van der Waals surface area (Å²) in [6.45, 7) is 1.53. The summed E-state index contributed by atoms with van der Waals surface area (Å²) in [6, 6.07) is 6.85. The van der Waals surface area contributed by atoms with E-state index in [0.717, 1.165) is 0 Å². The number of sulfone groups is 1. The smallest absolute Gasteiger partial charge is 0.258 e. The van der Waals surface area contributed by atoms with E-state index in [0.29, 0.717) is 17.2 Å². The number of carbonyl (C=O) groups is 1. The Morgan fingerprint density at radius 1 is 1.45 bits per heavy atom. The number of ether oxygens (including phenoxy) is 1. The van der Waals surface area contributed by atoms with Crippen LogP contribution in [0.4, 0.5) is 0 Å². The molecule has 0 aliphatic carbocycles. The van der Waals surface area contributed by atoms with Crippen molar-refractivity contribution >= 4 is 27.3 Å².